The number of nitrogens with one attached hydrogen (secondary N) is 1. The van der Waals surface area contributed by atoms with Gasteiger partial charge in [-0.2, -0.15) is 5.26 Å². The summed E-state index contributed by atoms with van der Waals surface area (Å²) in [5, 5.41) is 11.1. The molecule has 72 valence electrons. The predicted octanol–water partition coefficient (Wildman–Crippen LogP) is 0.366. The fraction of sp³-hybridized carbons (Fsp3) is 0.333. The molecule has 5 nitrogen and oxygen atoms in total. The summed E-state index contributed by atoms with van der Waals surface area (Å²) in [7, 11) is 0. The molecular weight excluding hydrogens is 180 g/mol. The third kappa shape index (κ3) is 2.83. The van der Waals surface area contributed by atoms with Crippen molar-refractivity contribution in [3.63, 3.8) is 0 Å². The van der Waals surface area contributed by atoms with E-state index in [0.717, 1.165) is 0 Å². The van der Waals surface area contributed by atoms with Crippen LogP contribution in [-0.4, -0.2) is 22.4 Å². The second kappa shape index (κ2) is 4.92. The molecule has 0 spiro atoms. The number of nitrogens with zero attached hydrogens (tertiary/aromatic N) is 3. The lowest BCUT2D eigenvalue weighted by molar-refractivity contribution is 0.0945. The summed E-state index contributed by atoms with van der Waals surface area (Å²) in [6, 6.07) is 3.54. The van der Waals surface area contributed by atoms with E-state index in [0.29, 0.717) is 12.2 Å². The van der Waals surface area contributed by atoms with E-state index in [4.69, 9.17) is 5.26 Å². The van der Waals surface area contributed by atoms with Gasteiger partial charge in [-0.15, -0.1) is 0 Å². The highest BCUT2D eigenvalue weighted by atomic mass is 16.1. The van der Waals surface area contributed by atoms with Gasteiger partial charge in [0.05, 0.1) is 12.0 Å². The van der Waals surface area contributed by atoms with Gasteiger partial charge in [-0.05, 0) is 13.0 Å². The average Bonchev–Trinajstić information content (AvgIpc) is 2.26. The maximum atomic E-state index is 11.4. The van der Waals surface area contributed by atoms with Gasteiger partial charge in [-0.25, -0.2) is 9.97 Å². The second-order valence-electron chi connectivity index (χ2n) is 2.83. The Morgan fingerprint density at radius 2 is 2.57 bits per heavy atom. The molecule has 14 heavy (non-hydrogen) atoms. The number of amides is 1. The maximum Gasteiger partial charge on any atom is 0.270 e. The van der Waals surface area contributed by atoms with Crippen molar-refractivity contribution in [1.29, 1.82) is 5.26 Å². The monoisotopic (exact) mass is 190 g/mol. The summed E-state index contributed by atoms with van der Waals surface area (Å²) in [5.74, 6) is -0.477. The quantitative estimate of drug-likeness (QED) is 0.746. The predicted molar refractivity (Wildman–Crippen MR) is 49.1 cm³/mol. The molecule has 0 bridgehead atoms. The summed E-state index contributed by atoms with van der Waals surface area (Å²) >= 11 is 0. The lowest BCUT2D eigenvalue weighted by atomic mass is 10.2. The van der Waals surface area contributed by atoms with Crippen molar-refractivity contribution in [3.8, 4) is 6.07 Å². The van der Waals surface area contributed by atoms with E-state index >= 15 is 0 Å². The van der Waals surface area contributed by atoms with Crippen LogP contribution < -0.4 is 5.32 Å². The van der Waals surface area contributed by atoms with Crippen molar-refractivity contribution >= 4 is 5.91 Å². The Hall–Kier alpha value is -1.96. The molecule has 1 aromatic heterocycles. The van der Waals surface area contributed by atoms with Crippen LogP contribution in [0.2, 0.25) is 0 Å². The van der Waals surface area contributed by atoms with Gasteiger partial charge in [0.25, 0.3) is 5.91 Å². The Morgan fingerprint density at radius 1 is 1.79 bits per heavy atom. The van der Waals surface area contributed by atoms with Gasteiger partial charge >= 0.3 is 0 Å². The molecule has 1 atom stereocenters. The maximum absolute atomic E-state index is 11.4. The Balaban J connectivity index is 2.49. The number of nitriles is 1. The Labute approximate surface area is 81.8 Å². The van der Waals surface area contributed by atoms with E-state index < -0.39 is 0 Å². The molecule has 1 rings (SSSR count). The molecule has 5 heteroatoms. The summed E-state index contributed by atoms with van der Waals surface area (Å²) in [4.78, 5) is 18.8. The molecule has 0 radical (unpaired) electrons. The normalized spacial score (nSPS) is 11.4. The summed E-state index contributed by atoms with van der Waals surface area (Å²) in [6.45, 7) is 2.07. The highest BCUT2D eigenvalue weighted by Crippen LogP contribution is 1.93. The third-order valence-corrected chi connectivity index (χ3v) is 1.60. The minimum absolute atomic E-state index is 0.194. The number of hydrogen-bond acceptors (Lipinski definition) is 4. The minimum Gasteiger partial charge on any atom is -0.349 e. The van der Waals surface area contributed by atoms with E-state index in [-0.39, 0.29) is 11.8 Å². The van der Waals surface area contributed by atoms with Crippen molar-refractivity contribution in [1.82, 2.24) is 15.3 Å². The van der Waals surface area contributed by atoms with E-state index in [1.807, 2.05) is 6.07 Å². The van der Waals surface area contributed by atoms with Crippen LogP contribution in [0.25, 0.3) is 0 Å². The first-order chi connectivity index (χ1) is 6.74. The SMILES string of the molecule is CC(C#N)CNC(=O)c1ccncn1. The van der Waals surface area contributed by atoms with Crippen LogP contribution >= 0.6 is 0 Å². The van der Waals surface area contributed by atoms with Crippen LogP contribution in [0.4, 0.5) is 0 Å². The zero-order valence-corrected chi connectivity index (χ0v) is 7.77. The van der Waals surface area contributed by atoms with Crippen molar-refractivity contribution in [2.75, 3.05) is 6.54 Å². The number of rotatable bonds is 3. The fourth-order valence-corrected chi connectivity index (χ4v) is 0.807. The summed E-state index contributed by atoms with van der Waals surface area (Å²) in [5.41, 5.74) is 0.310. The van der Waals surface area contributed by atoms with Crippen LogP contribution in [0.1, 0.15) is 17.4 Å². The lowest BCUT2D eigenvalue weighted by Crippen LogP contribution is -2.28. The molecular formula is C9H10N4O. The van der Waals surface area contributed by atoms with E-state index in [2.05, 4.69) is 15.3 Å². The first-order valence-corrected chi connectivity index (χ1v) is 4.18. The summed E-state index contributed by atoms with van der Waals surface area (Å²) < 4.78 is 0. The van der Waals surface area contributed by atoms with Crippen molar-refractivity contribution in [3.05, 3.63) is 24.3 Å². The number of carbonyl (C=O) groups excluding carboxylic acids is 1. The van der Waals surface area contributed by atoms with Gasteiger partial charge in [0.1, 0.15) is 12.0 Å². The molecule has 0 aliphatic carbocycles. The van der Waals surface area contributed by atoms with Gasteiger partial charge in [-0.1, -0.05) is 0 Å². The standard InChI is InChI=1S/C9H10N4O/c1-7(4-10)5-12-9(14)8-2-3-11-6-13-8/h2-3,6-7H,5H2,1H3,(H,12,14). The van der Waals surface area contributed by atoms with Crippen molar-refractivity contribution < 1.29 is 4.79 Å². The molecule has 0 aliphatic heterocycles. The fourth-order valence-electron chi connectivity index (χ4n) is 0.807. The molecule has 0 fully saturated rings. The van der Waals surface area contributed by atoms with Crippen LogP contribution in [-0.2, 0) is 0 Å². The zero-order chi connectivity index (χ0) is 10.4. The van der Waals surface area contributed by atoms with Crippen LogP contribution in [0.15, 0.2) is 18.6 Å². The highest BCUT2D eigenvalue weighted by molar-refractivity contribution is 5.92. The Kier molecular flexibility index (Phi) is 3.56. The molecule has 1 heterocycles. The lowest BCUT2D eigenvalue weighted by Gasteiger charge is -2.04. The number of hydrogen-bond donors (Lipinski definition) is 1. The molecule has 0 aliphatic rings. The molecule has 1 N–H and O–H groups in total. The largest absolute Gasteiger partial charge is 0.349 e. The van der Waals surface area contributed by atoms with E-state index in [9.17, 15) is 4.79 Å². The summed E-state index contributed by atoms with van der Waals surface area (Å²) in [6.07, 6.45) is 2.80. The molecule has 1 aromatic rings. The van der Waals surface area contributed by atoms with Crippen molar-refractivity contribution in [2.24, 2.45) is 5.92 Å². The van der Waals surface area contributed by atoms with Gasteiger partial charge < -0.3 is 5.32 Å². The first-order valence-electron chi connectivity index (χ1n) is 4.18. The minimum atomic E-state index is -0.283. The zero-order valence-electron chi connectivity index (χ0n) is 7.77. The highest BCUT2D eigenvalue weighted by Gasteiger charge is 2.07. The van der Waals surface area contributed by atoms with Gasteiger partial charge in [-0.3, -0.25) is 4.79 Å². The van der Waals surface area contributed by atoms with Crippen LogP contribution in [0.3, 0.4) is 0 Å². The topological polar surface area (TPSA) is 78.7 Å². The molecule has 0 saturated carbocycles. The molecule has 0 saturated heterocycles. The molecule has 1 unspecified atom stereocenters. The molecule has 1 amide bonds. The van der Waals surface area contributed by atoms with E-state index in [1.54, 1.807) is 6.92 Å². The second-order valence-corrected chi connectivity index (χ2v) is 2.83. The van der Waals surface area contributed by atoms with Crippen molar-refractivity contribution in [2.45, 2.75) is 6.92 Å². The third-order valence-electron chi connectivity index (χ3n) is 1.60. The first kappa shape index (κ1) is 10.1. The Bertz CT molecular complexity index is 344. The smallest absolute Gasteiger partial charge is 0.270 e. The molecule has 0 aromatic carbocycles. The van der Waals surface area contributed by atoms with E-state index in [1.165, 1.54) is 18.6 Å². The van der Waals surface area contributed by atoms with Gasteiger partial charge in [0, 0.05) is 12.7 Å². The van der Waals surface area contributed by atoms with Gasteiger partial charge in [0.2, 0.25) is 0 Å². The number of aromatic nitrogens is 2. The van der Waals surface area contributed by atoms with Crippen LogP contribution in [0, 0.1) is 17.2 Å². The van der Waals surface area contributed by atoms with Gasteiger partial charge in [0.15, 0.2) is 0 Å². The van der Waals surface area contributed by atoms with Crippen LogP contribution in [0.5, 0.6) is 0 Å². The average molecular weight is 190 g/mol. The Morgan fingerprint density at radius 3 is 3.14 bits per heavy atom. The number of carbonyl (C=O) groups is 1.